The molecule has 1 aromatic heterocycles. The van der Waals surface area contributed by atoms with Crippen LogP contribution in [0.3, 0.4) is 0 Å². The third-order valence-corrected chi connectivity index (χ3v) is 3.78. The zero-order chi connectivity index (χ0) is 17.7. The largest absolute Gasteiger partial charge is 0.480 e. The van der Waals surface area contributed by atoms with Crippen molar-refractivity contribution in [1.29, 1.82) is 0 Å². The number of aromatic nitrogens is 2. The van der Waals surface area contributed by atoms with E-state index in [0.717, 1.165) is 0 Å². The van der Waals surface area contributed by atoms with E-state index in [1.54, 1.807) is 32.0 Å². The molecule has 0 aliphatic heterocycles. The average Bonchev–Trinajstić information content (AvgIpc) is 2.54. The predicted molar refractivity (Wildman–Crippen MR) is 89.6 cm³/mol. The van der Waals surface area contributed by atoms with Gasteiger partial charge in [-0.15, -0.1) is 0 Å². The molecule has 1 aromatic carbocycles. The third-order valence-electron chi connectivity index (χ3n) is 3.78. The number of aryl methyl sites for hydroxylation is 1. The van der Waals surface area contributed by atoms with Crippen LogP contribution in [-0.2, 0) is 16.1 Å². The number of nitrogens with one attached hydrogen (secondary N) is 1. The van der Waals surface area contributed by atoms with Crippen molar-refractivity contribution >= 4 is 22.8 Å². The molecule has 0 saturated heterocycles. The highest BCUT2D eigenvalue weighted by atomic mass is 16.4. The number of rotatable bonds is 7. The second-order valence-electron chi connectivity index (χ2n) is 5.99. The van der Waals surface area contributed by atoms with Gasteiger partial charge in [-0.05, 0) is 24.5 Å². The molecule has 2 aromatic rings. The highest BCUT2D eigenvalue weighted by Crippen LogP contribution is 2.06. The van der Waals surface area contributed by atoms with Crippen molar-refractivity contribution < 1.29 is 14.7 Å². The topological polar surface area (TPSA) is 101 Å². The van der Waals surface area contributed by atoms with E-state index in [4.69, 9.17) is 5.11 Å². The van der Waals surface area contributed by atoms with Crippen LogP contribution < -0.4 is 10.9 Å². The van der Waals surface area contributed by atoms with Crippen molar-refractivity contribution in [2.24, 2.45) is 5.92 Å². The molecule has 0 aliphatic carbocycles. The van der Waals surface area contributed by atoms with Gasteiger partial charge in [0.25, 0.3) is 5.56 Å². The van der Waals surface area contributed by atoms with E-state index in [1.165, 1.54) is 10.9 Å². The van der Waals surface area contributed by atoms with Gasteiger partial charge in [-0.2, -0.15) is 0 Å². The van der Waals surface area contributed by atoms with Crippen LogP contribution >= 0.6 is 0 Å². The van der Waals surface area contributed by atoms with Gasteiger partial charge in [0.2, 0.25) is 5.91 Å². The van der Waals surface area contributed by atoms with Crippen molar-refractivity contribution in [3.8, 4) is 0 Å². The number of aliphatic carboxylic acids is 1. The lowest BCUT2D eigenvalue weighted by atomic mass is 10.0. The normalized spacial score (nSPS) is 12.3. The van der Waals surface area contributed by atoms with Crippen LogP contribution in [0.4, 0.5) is 0 Å². The lowest BCUT2D eigenvalue weighted by molar-refractivity contribution is -0.143. The number of amides is 1. The van der Waals surface area contributed by atoms with E-state index in [1.807, 2.05) is 6.07 Å². The van der Waals surface area contributed by atoms with Gasteiger partial charge in [-0.25, -0.2) is 9.78 Å². The Hall–Kier alpha value is -2.70. The van der Waals surface area contributed by atoms with Crippen molar-refractivity contribution in [2.45, 2.75) is 39.3 Å². The van der Waals surface area contributed by atoms with Gasteiger partial charge in [-0.3, -0.25) is 14.2 Å². The summed E-state index contributed by atoms with van der Waals surface area (Å²) >= 11 is 0. The fourth-order valence-corrected chi connectivity index (χ4v) is 2.43. The Morgan fingerprint density at radius 1 is 1.29 bits per heavy atom. The molecule has 128 valence electrons. The molecule has 1 atom stereocenters. The fraction of sp³-hybridized carbons (Fsp3) is 0.412. The Balaban J connectivity index is 1.95. The van der Waals surface area contributed by atoms with Crippen LogP contribution in [0.1, 0.15) is 26.7 Å². The smallest absolute Gasteiger partial charge is 0.326 e. The van der Waals surface area contributed by atoms with Crippen LogP contribution in [0.25, 0.3) is 10.9 Å². The summed E-state index contributed by atoms with van der Waals surface area (Å²) in [5, 5.41) is 12.1. The fourth-order valence-electron chi connectivity index (χ4n) is 2.43. The van der Waals surface area contributed by atoms with Crippen molar-refractivity contribution in [1.82, 2.24) is 14.9 Å². The van der Waals surface area contributed by atoms with Gasteiger partial charge in [0, 0.05) is 13.0 Å². The van der Waals surface area contributed by atoms with Gasteiger partial charge < -0.3 is 10.4 Å². The lowest BCUT2D eigenvalue weighted by Gasteiger charge is -2.17. The van der Waals surface area contributed by atoms with E-state index in [-0.39, 0.29) is 23.8 Å². The third kappa shape index (κ3) is 4.18. The summed E-state index contributed by atoms with van der Waals surface area (Å²) in [6.07, 6.45) is 2.04. The van der Waals surface area contributed by atoms with E-state index in [9.17, 15) is 14.4 Å². The van der Waals surface area contributed by atoms with Crippen molar-refractivity contribution in [3.63, 3.8) is 0 Å². The van der Waals surface area contributed by atoms with E-state index < -0.39 is 12.0 Å². The van der Waals surface area contributed by atoms with Crippen LogP contribution in [-0.4, -0.2) is 32.6 Å². The molecule has 1 unspecified atom stereocenters. The highest BCUT2D eigenvalue weighted by Gasteiger charge is 2.22. The van der Waals surface area contributed by atoms with E-state index >= 15 is 0 Å². The molecule has 7 heteroatoms. The molecule has 1 amide bonds. The van der Waals surface area contributed by atoms with Gasteiger partial charge in [0.1, 0.15) is 6.04 Å². The number of hydrogen-bond acceptors (Lipinski definition) is 4. The molecule has 2 N–H and O–H groups in total. The Morgan fingerprint density at radius 2 is 2.00 bits per heavy atom. The summed E-state index contributed by atoms with van der Waals surface area (Å²) < 4.78 is 1.47. The Kier molecular flexibility index (Phi) is 5.68. The maximum absolute atomic E-state index is 12.3. The first-order valence-corrected chi connectivity index (χ1v) is 7.86. The van der Waals surface area contributed by atoms with Crippen LogP contribution in [0, 0.1) is 5.92 Å². The number of carboxylic acid groups (broad SMARTS) is 1. The molecule has 0 fully saturated rings. The second-order valence-corrected chi connectivity index (χ2v) is 5.99. The summed E-state index contributed by atoms with van der Waals surface area (Å²) in [5.41, 5.74) is 0.490. The second kappa shape index (κ2) is 7.72. The first-order valence-electron chi connectivity index (χ1n) is 7.86. The van der Waals surface area contributed by atoms with Crippen molar-refractivity contribution in [2.75, 3.05) is 0 Å². The molecule has 0 aliphatic rings. The molecule has 1 heterocycles. The number of carbonyl (C=O) groups is 2. The Bertz CT molecular complexity index is 798. The Labute approximate surface area is 139 Å². The molecule has 0 spiro atoms. The number of nitrogens with zero attached hydrogens (tertiary/aromatic N) is 2. The zero-order valence-corrected chi connectivity index (χ0v) is 13.7. The predicted octanol–water partition coefficient (Wildman–Crippen LogP) is 1.40. The SMILES string of the molecule is CC(C)C(NC(=O)CCCn1cnc2ccccc2c1=O)C(=O)O. The number of benzene rings is 1. The van der Waals surface area contributed by atoms with Crippen LogP contribution in [0.5, 0.6) is 0 Å². The summed E-state index contributed by atoms with van der Waals surface area (Å²) in [7, 11) is 0. The quantitative estimate of drug-likeness (QED) is 0.798. The summed E-state index contributed by atoms with van der Waals surface area (Å²) in [4.78, 5) is 39.5. The van der Waals surface area contributed by atoms with Gasteiger partial charge >= 0.3 is 5.97 Å². The first kappa shape index (κ1) is 17.7. The molecule has 0 radical (unpaired) electrons. The number of fused-ring (bicyclic) bond motifs is 1. The number of carbonyl (C=O) groups excluding carboxylic acids is 1. The number of para-hydroxylation sites is 1. The van der Waals surface area contributed by atoms with E-state index in [2.05, 4.69) is 10.3 Å². The van der Waals surface area contributed by atoms with Crippen LogP contribution in [0.15, 0.2) is 35.4 Å². The van der Waals surface area contributed by atoms with Gasteiger partial charge in [0.15, 0.2) is 0 Å². The molecular weight excluding hydrogens is 310 g/mol. The zero-order valence-electron chi connectivity index (χ0n) is 13.7. The van der Waals surface area contributed by atoms with E-state index in [0.29, 0.717) is 23.9 Å². The summed E-state index contributed by atoms with van der Waals surface area (Å²) in [5.74, 6) is -1.58. The molecule has 0 bridgehead atoms. The van der Waals surface area contributed by atoms with Crippen molar-refractivity contribution in [3.05, 3.63) is 40.9 Å². The monoisotopic (exact) mass is 331 g/mol. The minimum Gasteiger partial charge on any atom is -0.480 e. The number of carboxylic acids is 1. The minimum atomic E-state index is -1.05. The maximum Gasteiger partial charge on any atom is 0.326 e. The summed E-state index contributed by atoms with van der Waals surface area (Å²) in [6.45, 7) is 3.82. The van der Waals surface area contributed by atoms with Gasteiger partial charge in [-0.1, -0.05) is 26.0 Å². The lowest BCUT2D eigenvalue weighted by Crippen LogP contribution is -2.44. The first-order chi connectivity index (χ1) is 11.4. The molecule has 24 heavy (non-hydrogen) atoms. The molecule has 7 nitrogen and oxygen atoms in total. The highest BCUT2D eigenvalue weighted by molar-refractivity contribution is 5.83. The standard InChI is InChI=1S/C17H21N3O4/c1-11(2)15(17(23)24)19-14(21)8-5-9-20-10-18-13-7-4-3-6-12(13)16(20)22/h3-4,6-7,10-11,15H,5,8-9H2,1-2H3,(H,19,21)(H,23,24). The summed E-state index contributed by atoms with van der Waals surface area (Å²) in [6, 6.07) is 6.18. The molecule has 0 saturated carbocycles. The molecule has 2 rings (SSSR count). The van der Waals surface area contributed by atoms with Crippen LogP contribution in [0.2, 0.25) is 0 Å². The maximum atomic E-state index is 12.3. The number of hydrogen-bond donors (Lipinski definition) is 2. The average molecular weight is 331 g/mol. The Morgan fingerprint density at radius 3 is 2.67 bits per heavy atom. The molecular formula is C17H21N3O4. The van der Waals surface area contributed by atoms with Gasteiger partial charge in [0.05, 0.1) is 17.2 Å². The minimum absolute atomic E-state index is 0.147.